The third-order valence-corrected chi connectivity index (χ3v) is 2.43. The molecule has 0 aliphatic carbocycles. The summed E-state index contributed by atoms with van der Waals surface area (Å²) in [5.41, 5.74) is 9.46. The second-order valence-corrected chi connectivity index (χ2v) is 4.45. The Morgan fingerprint density at radius 2 is 1.95 bits per heavy atom. The molecule has 0 saturated heterocycles. The summed E-state index contributed by atoms with van der Waals surface area (Å²) in [4.78, 5) is 21.6. The van der Waals surface area contributed by atoms with E-state index in [9.17, 15) is 9.70 Å². The van der Waals surface area contributed by atoms with Gasteiger partial charge in [0.05, 0.1) is 5.71 Å². The molecule has 20 heavy (non-hydrogen) atoms. The van der Waals surface area contributed by atoms with E-state index >= 15 is 0 Å². The van der Waals surface area contributed by atoms with Crippen molar-refractivity contribution in [2.45, 2.75) is 19.9 Å². The molecule has 0 aliphatic rings. The predicted molar refractivity (Wildman–Crippen MR) is 82.5 cm³/mol. The number of amides is 1. The summed E-state index contributed by atoms with van der Waals surface area (Å²) in [7, 11) is 0. The van der Waals surface area contributed by atoms with Gasteiger partial charge in [0.2, 0.25) is 5.91 Å². The lowest BCUT2D eigenvalue weighted by molar-refractivity contribution is -0.114. The van der Waals surface area contributed by atoms with E-state index in [0.717, 1.165) is 0 Å². The molecule has 0 aliphatic heterocycles. The third kappa shape index (κ3) is 4.73. The van der Waals surface area contributed by atoms with E-state index < -0.39 is 6.04 Å². The van der Waals surface area contributed by atoms with E-state index in [4.69, 9.17) is 5.73 Å². The van der Waals surface area contributed by atoms with Gasteiger partial charge < -0.3 is 11.1 Å². The molecule has 106 valence electrons. The fourth-order valence-electron chi connectivity index (χ4n) is 1.49. The van der Waals surface area contributed by atoms with Gasteiger partial charge in [0, 0.05) is 18.2 Å². The van der Waals surface area contributed by atoms with Crippen molar-refractivity contribution < 1.29 is 4.79 Å². The van der Waals surface area contributed by atoms with Crippen molar-refractivity contribution >= 4 is 34.6 Å². The zero-order valence-corrected chi connectivity index (χ0v) is 11.9. The molecule has 7 nitrogen and oxygen atoms in total. The SMILES string of the molecule is CC(=O)Nc1ccc(C(=NNC(N)=S)C(C)N=O)cc1. The number of nitrogens with two attached hydrogens (primary N) is 1. The normalized spacial score (nSPS) is 12.4. The highest BCUT2D eigenvalue weighted by Gasteiger charge is 2.14. The average Bonchev–Trinajstić information content (AvgIpc) is 2.39. The number of hydrogen-bond acceptors (Lipinski definition) is 5. The quantitative estimate of drug-likeness (QED) is 0.328. The van der Waals surface area contributed by atoms with Crippen LogP contribution in [0.2, 0.25) is 0 Å². The van der Waals surface area contributed by atoms with E-state index in [1.807, 2.05) is 0 Å². The minimum absolute atomic E-state index is 0.00420. The maximum Gasteiger partial charge on any atom is 0.221 e. The van der Waals surface area contributed by atoms with Crippen LogP contribution in [0.5, 0.6) is 0 Å². The Hall–Kier alpha value is -2.35. The van der Waals surface area contributed by atoms with Gasteiger partial charge in [0.1, 0.15) is 6.04 Å². The number of nitroso groups, excluding NO2 is 1. The van der Waals surface area contributed by atoms with Crippen molar-refractivity contribution in [1.82, 2.24) is 5.43 Å². The van der Waals surface area contributed by atoms with Crippen molar-refractivity contribution in [3.05, 3.63) is 34.7 Å². The van der Waals surface area contributed by atoms with Gasteiger partial charge in [-0.05, 0) is 31.3 Å². The molecule has 0 heterocycles. The Labute approximate surface area is 121 Å². The molecule has 1 aromatic rings. The average molecular weight is 293 g/mol. The van der Waals surface area contributed by atoms with Crippen LogP contribution in [0.15, 0.2) is 34.5 Å². The molecule has 0 saturated carbocycles. The number of thiocarbonyl (C=S) groups is 1. The number of benzene rings is 1. The number of carbonyl (C=O) groups is 1. The van der Waals surface area contributed by atoms with Crippen LogP contribution in [-0.2, 0) is 4.79 Å². The molecule has 0 fully saturated rings. The van der Waals surface area contributed by atoms with Crippen LogP contribution in [0.1, 0.15) is 19.4 Å². The third-order valence-electron chi connectivity index (χ3n) is 2.34. The molecule has 0 radical (unpaired) electrons. The zero-order valence-electron chi connectivity index (χ0n) is 11.1. The van der Waals surface area contributed by atoms with Gasteiger partial charge in [-0.25, -0.2) is 0 Å². The molecule has 1 rings (SSSR count). The van der Waals surface area contributed by atoms with Crippen LogP contribution in [0, 0.1) is 4.91 Å². The maximum atomic E-state index is 10.9. The number of carbonyl (C=O) groups excluding carboxylic acids is 1. The van der Waals surface area contributed by atoms with Crippen molar-refractivity contribution in [2.24, 2.45) is 16.0 Å². The van der Waals surface area contributed by atoms with Gasteiger partial charge in [-0.15, -0.1) is 0 Å². The van der Waals surface area contributed by atoms with Gasteiger partial charge in [0.15, 0.2) is 5.11 Å². The topological polar surface area (TPSA) is 109 Å². The molecule has 0 aromatic heterocycles. The fourth-order valence-corrected chi connectivity index (χ4v) is 1.54. The fraction of sp³-hybridized carbons (Fsp3) is 0.250. The summed E-state index contributed by atoms with van der Waals surface area (Å²) in [6.07, 6.45) is 0. The molecule has 1 amide bonds. The van der Waals surface area contributed by atoms with E-state index in [0.29, 0.717) is 17.0 Å². The molecule has 8 heteroatoms. The Bertz CT molecular complexity index is 541. The summed E-state index contributed by atoms with van der Waals surface area (Å²) in [6.45, 7) is 3.03. The minimum atomic E-state index is -0.663. The number of rotatable bonds is 5. The van der Waals surface area contributed by atoms with Crippen LogP contribution >= 0.6 is 12.2 Å². The smallest absolute Gasteiger partial charge is 0.221 e. The molecule has 1 atom stereocenters. The Morgan fingerprint density at radius 1 is 1.35 bits per heavy atom. The van der Waals surface area contributed by atoms with E-state index in [1.165, 1.54) is 6.92 Å². The van der Waals surface area contributed by atoms with Crippen LogP contribution in [0.3, 0.4) is 0 Å². The first-order valence-corrected chi connectivity index (χ1v) is 6.18. The lowest BCUT2D eigenvalue weighted by atomic mass is 10.0. The lowest BCUT2D eigenvalue weighted by Gasteiger charge is -2.10. The molecule has 1 aromatic carbocycles. The predicted octanol–water partition coefficient (Wildman–Crippen LogP) is 1.34. The highest BCUT2D eigenvalue weighted by molar-refractivity contribution is 7.80. The first kappa shape index (κ1) is 15.7. The molecule has 0 spiro atoms. The number of hydrogen-bond donors (Lipinski definition) is 3. The first-order valence-electron chi connectivity index (χ1n) is 5.77. The Morgan fingerprint density at radius 3 is 2.40 bits per heavy atom. The Kier molecular flexibility index (Phi) is 5.73. The van der Waals surface area contributed by atoms with Crippen LogP contribution in [0.25, 0.3) is 0 Å². The van der Waals surface area contributed by atoms with Crippen molar-refractivity contribution in [3.63, 3.8) is 0 Å². The molecular weight excluding hydrogens is 278 g/mol. The first-order chi connectivity index (χ1) is 9.43. The zero-order chi connectivity index (χ0) is 15.1. The summed E-state index contributed by atoms with van der Waals surface area (Å²) < 4.78 is 0. The van der Waals surface area contributed by atoms with Gasteiger partial charge in [-0.1, -0.05) is 17.3 Å². The molecule has 1 unspecified atom stereocenters. The van der Waals surface area contributed by atoms with Crippen LogP contribution in [-0.4, -0.2) is 22.8 Å². The highest BCUT2D eigenvalue weighted by Crippen LogP contribution is 2.13. The number of anilines is 1. The number of hydrazone groups is 1. The van der Waals surface area contributed by atoms with E-state index in [-0.39, 0.29) is 11.0 Å². The standard InChI is InChI=1S/C12H15N5O2S/c1-7(17-19)11(15-16-12(13)20)9-3-5-10(6-4-9)14-8(2)18/h3-7H,1-2H3,(H,14,18)(H3,13,16,20). The number of nitrogens with zero attached hydrogens (tertiary/aromatic N) is 2. The highest BCUT2D eigenvalue weighted by atomic mass is 32.1. The van der Waals surface area contributed by atoms with Crippen LogP contribution < -0.4 is 16.5 Å². The van der Waals surface area contributed by atoms with Crippen LogP contribution in [0.4, 0.5) is 5.69 Å². The Balaban J connectivity index is 3.02. The van der Waals surface area contributed by atoms with E-state index in [2.05, 4.69) is 33.2 Å². The summed E-state index contributed by atoms with van der Waals surface area (Å²) in [5.74, 6) is -0.162. The van der Waals surface area contributed by atoms with Crippen molar-refractivity contribution in [3.8, 4) is 0 Å². The van der Waals surface area contributed by atoms with Crippen molar-refractivity contribution in [2.75, 3.05) is 5.32 Å². The number of nitrogens with one attached hydrogen (secondary N) is 2. The summed E-state index contributed by atoms with van der Waals surface area (Å²) >= 11 is 4.66. The largest absolute Gasteiger partial charge is 0.375 e. The maximum absolute atomic E-state index is 10.9. The monoisotopic (exact) mass is 293 g/mol. The lowest BCUT2D eigenvalue weighted by Crippen LogP contribution is -2.28. The summed E-state index contributed by atoms with van der Waals surface area (Å²) in [5, 5.41) is 9.55. The van der Waals surface area contributed by atoms with Crippen molar-refractivity contribution in [1.29, 1.82) is 0 Å². The van der Waals surface area contributed by atoms with Gasteiger partial charge in [0.25, 0.3) is 0 Å². The molecule has 4 N–H and O–H groups in total. The van der Waals surface area contributed by atoms with Gasteiger partial charge in [-0.3, -0.25) is 10.2 Å². The van der Waals surface area contributed by atoms with E-state index in [1.54, 1.807) is 31.2 Å². The second-order valence-electron chi connectivity index (χ2n) is 4.01. The molecular formula is C12H15N5O2S. The second kappa shape index (κ2) is 7.29. The van der Waals surface area contributed by atoms with Gasteiger partial charge >= 0.3 is 0 Å². The minimum Gasteiger partial charge on any atom is -0.375 e. The molecule has 0 bridgehead atoms. The summed E-state index contributed by atoms with van der Waals surface area (Å²) in [6, 6.07) is 6.17. The van der Waals surface area contributed by atoms with Gasteiger partial charge in [-0.2, -0.15) is 10.0 Å².